The molecular formula is C24H23F2N3O2. The molecule has 0 radical (unpaired) electrons. The van der Waals surface area contributed by atoms with Gasteiger partial charge in [-0.1, -0.05) is 42.5 Å². The van der Waals surface area contributed by atoms with Crippen molar-refractivity contribution in [2.75, 3.05) is 11.9 Å². The van der Waals surface area contributed by atoms with Gasteiger partial charge in [0.15, 0.2) is 0 Å². The highest BCUT2D eigenvalue weighted by Gasteiger charge is 2.16. The Bertz CT molecular complexity index is 1030. The summed E-state index contributed by atoms with van der Waals surface area (Å²) in [5.74, 6) is -1.11. The molecular weight excluding hydrogens is 400 g/mol. The Morgan fingerprint density at radius 3 is 2.26 bits per heavy atom. The third-order valence-corrected chi connectivity index (χ3v) is 4.58. The van der Waals surface area contributed by atoms with Crippen molar-refractivity contribution in [3.63, 3.8) is 0 Å². The lowest BCUT2D eigenvalue weighted by Crippen LogP contribution is -2.35. The van der Waals surface area contributed by atoms with Gasteiger partial charge in [0.05, 0.1) is 6.04 Å². The van der Waals surface area contributed by atoms with E-state index in [1.807, 2.05) is 6.07 Å². The third-order valence-electron chi connectivity index (χ3n) is 4.58. The van der Waals surface area contributed by atoms with Gasteiger partial charge in [-0.05, 0) is 53.9 Å². The minimum atomic E-state index is -0.539. The molecule has 3 amide bonds. The maximum Gasteiger partial charge on any atom is 0.319 e. The zero-order valence-electron chi connectivity index (χ0n) is 16.8. The summed E-state index contributed by atoms with van der Waals surface area (Å²) in [6.45, 7) is 0.125. The Balaban J connectivity index is 1.57. The van der Waals surface area contributed by atoms with Crippen LogP contribution in [0.3, 0.4) is 0 Å². The van der Waals surface area contributed by atoms with Crippen molar-refractivity contribution in [2.24, 2.45) is 0 Å². The van der Waals surface area contributed by atoms with Crippen molar-refractivity contribution in [3.05, 3.63) is 102 Å². The average molecular weight is 423 g/mol. The molecule has 0 heterocycles. The lowest BCUT2D eigenvalue weighted by Gasteiger charge is -2.20. The van der Waals surface area contributed by atoms with Crippen LogP contribution in [-0.4, -0.2) is 18.5 Å². The number of anilines is 1. The molecule has 3 aromatic rings. The molecule has 5 nitrogen and oxygen atoms in total. The molecule has 0 aromatic heterocycles. The second-order valence-corrected chi connectivity index (χ2v) is 7.01. The summed E-state index contributed by atoms with van der Waals surface area (Å²) in [6.07, 6.45) is 0.339. The van der Waals surface area contributed by atoms with Crippen molar-refractivity contribution < 1.29 is 18.4 Å². The number of hydrogen-bond donors (Lipinski definition) is 3. The van der Waals surface area contributed by atoms with Gasteiger partial charge in [0.1, 0.15) is 11.6 Å². The van der Waals surface area contributed by atoms with Crippen molar-refractivity contribution in [1.29, 1.82) is 0 Å². The van der Waals surface area contributed by atoms with Gasteiger partial charge < -0.3 is 16.0 Å². The first-order valence-electron chi connectivity index (χ1n) is 9.89. The van der Waals surface area contributed by atoms with E-state index in [4.69, 9.17) is 0 Å². The zero-order chi connectivity index (χ0) is 22.1. The van der Waals surface area contributed by atoms with Crippen LogP contribution in [0.15, 0.2) is 78.9 Å². The number of benzene rings is 3. The summed E-state index contributed by atoms with van der Waals surface area (Å²) in [7, 11) is 0. The number of carbonyl (C=O) groups excluding carboxylic acids is 2. The van der Waals surface area contributed by atoms with E-state index in [1.165, 1.54) is 24.3 Å². The highest BCUT2D eigenvalue weighted by atomic mass is 19.1. The summed E-state index contributed by atoms with van der Waals surface area (Å²) in [4.78, 5) is 24.4. The van der Waals surface area contributed by atoms with Gasteiger partial charge >= 0.3 is 6.03 Å². The highest BCUT2D eigenvalue weighted by molar-refractivity contribution is 5.89. The van der Waals surface area contributed by atoms with Crippen LogP contribution in [0.4, 0.5) is 19.3 Å². The lowest BCUT2D eigenvalue weighted by molar-refractivity contribution is -0.121. The molecule has 3 aromatic carbocycles. The van der Waals surface area contributed by atoms with E-state index >= 15 is 0 Å². The fraction of sp³-hybridized carbons (Fsp3) is 0.167. The predicted octanol–water partition coefficient (Wildman–Crippen LogP) is 4.58. The Morgan fingerprint density at radius 2 is 1.55 bits per heavy atom. The molecule has 3 N–H and O–H groups in total. The number of para-hydroxylation sites is 1. The second-order valence-electron chi connectivity index (χ2n) is 7.01. The minimum Gasteiger partial charge on any atom is -0.349 e. The number of nitrogens with one attached hydrogen (secondary N) is 3. The molecule has 1 unspecified atom stereocenters. The van der Waals surface area contributed by atoms with Gasteiger partial charge in [-0.2, -0.15) is 0 Å². The van der Waals surface area contributed by atoms with Crippen LogP contribution < -0.4 is 16.0 Å². The fourth-order valence-corrected chi connectivity index (χ4v) is 3.13. The first-order chi connectivity index (χ1) is 15.0. The molecule has 0 saturated heterocycles. The number of rotatable bonds is 8. The molecule has 160 valence electrons. The quantitative estimate of drug-likeness (QED) is 0.497. The van der Waals surface area contributed by atoms with Gasteiger partial charge in [0.2, 0.25) is 5.91 Å². The molecule has 0 saturated carbocycles. The molecule has 1 atom stereocenters. The summed E-state index contributed by atoms with van der Waals surface area (Å²) in [5, 5.41) is 8.14. The molecule has 0 aliphatic heterocycles. The average Bonchev–Trinajstić information content (AvgIpc) is 2.74. The number of urea groups is 1. The number of amides is 3. The first-order valence-corrected chi connectivity index (χ1v) is 9.89. The number of carbonyl (C=O) groups is 2. The molecule has 3 rings (SSSR count). The van der Waals surface area contributed by atoms with Crippen LogP contribution in [0.5, 0.6) is 0 Å². The van der Waals surface area contributed by atoms with Gasteiger partial charge in [0.25, 0.3) is 0 Å². The van der Waals surface area contributed by atoms with Gasteiger partial charge in [-0.25, -0.2) is 13.6 Å². The Kier molecular flexibility index (Phi) is 7.70. The normalized spacial score (nSPS) is 11.4. The van der Waals surface area contributed by atoms with E-state index in [2.05, 4.69) is 16.0 Å². The molecule has 0 aliphatic carbocycles. The van der Waals surface area contributed by atoms with Crippen molar-refractivity contribution >= 4 is 17.6 Å². The standard InChI is InChI=1S/C24H23F2N3O2/c25-19-8-4-6-17(14-19)15-22(18-7-5-9-20(26)16-18)29-23(30)12-13-27-24(31)28-21-10-2-1-3-11-21/h1-11,14,16,22H,12-13,15H2,(H,29,30)(H2,27,28,31). The molecule has 0 fully saturated rings. The third kappa shape index (κ3) is 7.22. The number of halogens is 2. The van der Waals surface area contributed by atoms with Crippen molar-refractivity contribution in [1.82, 2.24) is 10.6 Å². The summed E-state index contributed by atoms with van der Waals surface area (Å²) >= 11 is 0. The Hall–Kier alpha value is -3.74. The van der Waals surface area contributed by atoms with Crippen LogP contribution in [0, 0.1) is 11.6 Å². The van der Waals surface area contributed by atoms with Crippen LogP contribution in [0.1, 0.15) is 23.6 Å². The summed E-state index contributed by atoms with van der Waals surface area (Å²) in [5.41, 5.74) is 1.90. The molecule has 31 heavy (non-hydrogen) atoms. The van der Waals surface area contributed by atoms with E-state index in [1.54, 1.807) is 48.5 Å². The van der Waals surface area contributed by atoms with E-state index in [9.17, 15) is 18.4 Å². The fourth-order valence-electron chi connectivity index (χ4n) is 3.13. The van der Waals surface area contributed by atoms with Gasteiger partial charge in [-0.3, -0.25) is 4.79 Å². The summed E-state index contributed by atoms with van der Waals surface area (Å²) in [6, 6.07) is 20.0. The van der Waals surface area contributed by atoms with E-state index in [-0.39, 0.29) is 24.7 Å². The van der Waals surface area contributed by atoms with E-state index in [0.29, 0.717) is 23.2 Å². The largest absolute Gasteiger partial charge is 0.349 e. The smallest absolute Gasteiger partial charge is 0.319 e. The molecule has 0 bridgehead atoms. The van der Waals surface area contributed by atoms with Crippen LogP contribution in [-0.2, 0) is 11.2 Å². The van der Waals surface area contributed by atoms with E-state index < -0.39 is 17.9 Å². The maximum atomic E-state index is 13.7. The molecule has 0 spiro atoms. The van der Waals surface area contributed by atoms with Crippen LogP contribution in [0.2, 0.25) is 0 Å². The maximum absolute atomic E-state index is 13.7. The Labute approximate surface area is 179 Å². The topological polar surface area (TPSA) is 70.2 Å². The predicted molar refractivity (Wildman–Crippen MR) is 115 cm³/mol. The van der Waals surface area contributed by atoms with Crippen LogP contribution in [0.25, 0.3) is 0 Å². The number of hydrogen-bond acceptors (Lipinski definition) is 2. The van der Waals surface area contributed by atoms with Crippen molar-refractivity contribution in [2.45, 2.75) is 18.9 Å². The zero-order valence-corrected chi connectivity index (χ0v) is 16.8. The van der Waals surface area contributed by atoms with Crippen LogP contribution >= 0.6 is 0 Å². The van der Waals surface area contributed by atoms with Gasteiger partial charge in [0, 0.05) is 18.7 Å². The highest BCUT2D eigenvalue weighted by Crippen LogP contribution is 2.20. The minimum absolute atomic E-state index is 0.0389. The molecule has 0 aliphatic rings. The monoisotopic (exact) mass is 423 g/mol. The van der Waals surface area contributed by atoms with Gasteiger partial charge in [-0.15, -0.1) is 0 Å². The SMILES string of the molecule is O=C(CCNC(=O)Nc1ccccc1)NC(Cc1cccc(F)c1)c1cccc(F)c1. The summed E-state index contributed by atoms with van der Waals surface area (Å²) < 4.78 is 27.3. The van der Waals surface area contributed by atoms with Crippen molar-refractivity contribution in [3.8, 4) is 0 Å². The molecule has 7 heteroatoms. The lowest BCUT2D eigenvalue weighted by atomic mass is 9.98. The Morgan fingerprint density at radius 1 is 0.839 bits per heavy atom. The second kappa shape index (κ2) is 10.9. The van der Waals surface area contributed by atoms with E-state index in [0.717, 1.165) is 0 Å². The first kappa shape index (κ1) is 22.0.